The summed E-state index contributed by atoms with van der Waals surface area (Å²) in [5, 5.41) is 8.45. The van der Waals surface area contributed by atoms with E-state index in [2.05, 4.69) is 11.8 Å². The summed E-state index contributed by atoms with van der Waals surface area (Å²) in [5.74, 6) is 4.65. The van der Waals surface area contributed by atoms with E-state index in [1.54, 1.807) is 30.3 Å². The highest BCUT2D eigenvalue weighted by atomic mass is 19.4. The van der Waals surface area contributed by atoms with Gasteiger partial charge in [-0.1, -0.05) is 30.0 Å². The Bertz CT molecular complexity index is 481. The van der Waals surface area contributed by atoms with Crippen LogP contribution in [0.5, 0.6) is 0 Å². The third-order valence-corrected chi connectivity index (χ3v) is 1.54. The zero-order chi connectivity index (χ0) is 12.0. The van der Waals surface area contributed by atoms with Crippen LogP contribution in [-0.2, 0) is 0 Å². The van der Waals surface area contributed by atoms with Gasteiger partial charge in [0.2, 0.25) is 0 Å². The molecule has 0 saturated heterocycles. The lowest BCUT2D eigenvalue weighted by atomic mass is 10.2. The highest BCUT2D eigenvalue weighted by molar-refractivity contribution is 5.46. The molecule has 1 nitrogen and oxygen atoms in total. The molecule has 80 valence electrons. The molecule has 16 heavy (non-hydrogen) atoms. The van der Waals surface area contributed by atoms with Gasteiger partial charge in [0.25, 0.3) is 0 Å². The highest BCUT2D eigenvalue weighted by Crippen LogP contribution is 2.18. The van der Waals surface area contributed by atoms with Crippen LogP contribution in [0.25, 0.3) is 0 Å². The molecule has 0 fully saturated rings. The zero-order valence-corrected chi connectivity index (χ0v) is 8.05. The van der Waals surface area contributed by atoms with Crippen LogP contribution in [-0.4, -0.2) is 6.18 Å². The summed E-state index contributed by atoms with van der Waals surface area (Å²) < 4.78 is 35.8. The van der Waals surface area contributed by atoms with E-state index < -0.39 is 11.7 Å². The summed E-state index contributed by atoms with van der Waals surface area (Å²) in [6.45, 7) is 0. The molecule has 0 atom stereocenters. The van der Waals surface area contributed by atoms with E-state index in [-0.39, 0.29) is 6.08 Å². The van der Waals surface area contributed by atoms with Crippen molar-refractivity contribution < 1.29 is 13.2 Å². The smallest absolute Gasteiger partial charge is 0.192 e. The molecule has 0 saturated carbocycles. The van der Waals surface area contributed by atoms with Gasteiger partial charge < -0.3 is 0 Å². The summed E-state index contributed by atoms with van der Waals surface area (Å²) in [7, 11) is 0. The van der Waals surface area contributed by atoms with Crippen molar-refractivity contribution in [2.45, 2.75) is 6.18 Å². The summed E-state index contributed by atoms with van der Waals surface area (Å²) in [6, 6.07) is 9.88. The number of halogens is 3. The van der Waals surface area contributed by atoms with Crippen molar-refractivity contribution in [3.8, 4) is 17.9 Å². The summed E-state index contributed by atoms with van der Waals surface area (Å²) in [4.78, 5) is 0. The van der Waals surface area contributed by atoms with E-state index in [1.807, 2.05) is 0 Å². The van der Waals surface area contributed by atoms with Crippen LogP contribution in [0.3, 0.4) is 0 Å². The summed E-state index contributed by atoms with van der Waals surface area (Å²) in [6.07, 6.45) is -4.63. The first-order valence-electron chi connectivity index (χ1n) is 4.28. The lowest BCUT2D eigenvalue weighted by Crippen LogP contribution is -2.02. The number of nitriles is 1. The summed E-state index contributed by atoms with van der Waals surface area (Å²) >= 11 is 0. The van der Waals surface area contributed by atoms with Gasteiger partial charge >= 0.3 is 6.18 Å². The predicted octanol–water partition coefficient (Wildman–Crippen LogP) is 3.05. The fraction of sp³-hybridized carbons (Fsp3) is 0.0833. The minimum Gasteiger partial charge on any atom is -0.192 e. The average molecular weight is 221 g/mol. The molecule has 1 aromatic rings. The average Bonchev–Trinajstić information content (AvgIpc) is 2.24. The maximum atomic E-state index is 11.9. The number of benzene rings is 1. The molecule has 0 heterocycles. The maximum absolute atomic E-state index is 11.9. The Labute approximate surface area is 90.8 Å². The van der Waals surface area contributed by atoms with Gasteiger partial charge in [0, 0.05) is 11.6 Å². The van der Waals surface area contributed by atoms with Gasteiger partial charge in [0.1, 0.15) is 11.6 Å². The first kappa shape index (κ1) is 11.9. The van der Waals surface area contributed by atoms with Crippen LogP contribution in [0.15, 0.2) is 42.0 Å². The van der Waals surface area contributed by atoms with Crippen LogP contribution in [0, 0.1) is 23.2 Å². The van der Waals surface area contributed by atoms with Crippen LogP contribution < -0.4 is 0 Å². The molecule has 0 aliphatic carbocycles. The molecular formula is C12H6F3N. The van der Waals surface area contributed by atoms with E-state index in [4.69, 9.17) is 5.26 Å². The Hall–Kier alpha value is -2.20. The van der Waals surface area contributed by atoms with E-state index in [9.17, 15) is 13.2 Å². The molecule has 0 N–H and O–H groups in total. The molecule has 0 radical (unpaired) electrons. The quantitative estimate of drug-likeness (QED) is 0.488. The number of hydrogen-bond donors (Lipinski definition) is 0. The molecular weight excluding hydrogens is 215 g/mol. The molecule has 0 aromatic heterocycles. The topological polar surface area (TPSA) is 23.8 Å². The monoisotopic (exact) mass is 221 g/mol. The Morgan fingerprint density at radius 3 is 2.31 bits per heavy atom. The molecule has 0 aliphatic rings. The third-order valence-electron chi connectivity index (χ3n) is 1.54. The normalized spacial score (nSPS) is 11.2. The first-order valence-corrected chi connectivity index (χ1v) is 4.28. The third kappa shape index (κ3) is 4.34. The number of nitrogens with zero attached hydrogens (tertiary/aromatic N) is 1. The Morgan fingerprint density at radius 1 is 1.19 bits per heavy atom. The van der Waals surface area contributed by atoms with E-state index in [1.165, 1.54) is 6.07 Å². The fourth-order valence-corrected chi connectivity index (χ4v) is 0.921. The Balaban J connectivity index is 2.93. The molecule has 1 aromatic carbocycles. The molecule has 0 amide bonds. The van der Waals surface area contributed by atoms with Gasteiger partial charge in [-0.2, -0.15) is 18.4 Å². The summed E-state index contributed by atoms with van der Waals surface area (Å²) in [5.41, 5.74) is -0.0397. The number of allylic oxidation sites excluding steroid dienone is 2. The number of rotatable bonds is 0. The molecule has 0 spiro atoms. The van der Waals surface area contributed by atoms with Crippen molar-refractivity contribution in [3.63, 3.8) is 0 Å². The molecule has 4 heteroatoms. The second-order valence-corrected chi connectivity index (χ2v) is 2.83. The van der Waals surface area contributed by atoms with Gasteiger partial charge in [-0.25, -0.2) is 0 Å². The SMILES string of the molecule is N#C/C(C#Cc1ccccc1)=C\C(F)(F)F. The largest absolute Gasteiger partial charge is 0.411 e. The van der Waals surface area contributed by atoms with E-state index in [0.29, 0.717) is 5.56 Å². The molecule has 0 bridgehead atoms. The minimum absolute atomic E-state index is 0.108. The second-order valence-electron chi connectivity index (χ2n) is 2.83. The Morgan fingerprint density at radius 2 is 1.81 bits per heavy atom. The minimum atomic E-state index is -4.52. The van der Waals surface area contributed by atoms with Crippen LogP contribution >= 0.6 is 0 Å². The fourth-order valence-electron chi connectivity index (χ4n) is 0.921. The first-order chi connectivity index (χ1) is 7.51. The zero-order valence-electron chi connectivity index (χ0n) is 8.05. The van der Waals surface area contributed by atoms with E-state index >= 15 is 0 Å². The lowest BCUT2D eigenvalue weighted by molar-refractivity contribution is -0.0801. The highest BCUT2D eigenvalue weighted by Gasteiger charge is 2.24. The van der Waals surface area contributed by atoms with E-state index in [0.717, 1.165) is 0 Å². The van der Waals surface area contributed by atoms with Gasteiger partial charge in [-0.05, 0) is 12.1 Å². The molecule has 1 rings (SSSR count). The van der Waals surface area contributed by atoms with Gasteiger partial charge in [0.05, 0.1) is 0 Å². The van der Waals surface area contributed by atoms with Gasteiger partial charge in [0.15, 0.2) is 0 Å². The van der Waals surface area contributed by atoms with Gasteiger partial charge in [-0.15, -0.1) is 0 Å². The van der Waals surface area contributed by atoms with Gasteiger partial charge in [-0.3, -0.25) is 0 Å². The maximum Gasteiger partial charge on any atom is 0.411 e. The Kier molecular flexibility index (Phi) is 3.74. The standard InChI is InChI=1S/C12H6F3N/c13-12(14,15)8-11(9-16)7-6-10-4-2-1-3-5-10/h1-5,8H/b11-8-. The number of hydrogen-bond acceptors (Lipinski definition) is 1. The van der Waals surface area contributed by atoms with Crippen LogP contribution in [0.1, 0.15) is 5.56 Å². The van der Waals surface area contributed by atoms with Crippen molar-refractivity contribution in [1.82, 2.24) is 0 Å². The lowest BCUT2D eigenvalue weighted by Gasteiger charge is -1.96. The van der Waals surface area contributed by atoms with Crippen molar-refractivity contribution >= 4 is 0 Å². The van der Waals surface area contributed by atoms with Crippen molar-refractivity contribution in [2.75, 3.05) is 0 Å². The van der Waals surface area contributed by atoms with Crippen molar-refractivity contribution in [3.05, 3.63) is 47.5 Å². The van der Waals surface area contributed by atoms with Crippen LogP contribution in [0.4, 0.5) is 13.2 Å². The van der Waals surface area contributed by atoms with Crippen LogP contribution in [0.2, 0.25) is 0 Å². The number of alkyl halides is 3. The molecule has 0 aliphatic heterocycles. The molecule has 0 unspecified atom stereocenters. The van der Waals surface area contributed by atoms with Crippen molar-refractivity contribution in [2.24, 2.45) is 0 Å². The second kappa shape index (κ2) is 5.04. The predicted molar refractivity (Wildman–Crippen MR) is 53.1 cm³/mol. The van der Waals surface area contributed by atoms with Crippen molar-refractivity contribution in [1.29, 1.82) is 5.26 Å².